The van der Waals surface area contributed by atoms with E-state index in [4.69, 9.17) is 18.9 Å². The van der Waals surface area contributed by atoms with Gasteiger partial charge in [-0.05, 0) is 96.4 Å². The van der Waals surface area contributed by atoms with Gasteiger partial charge < -0.3 is 29.2 Å². The van der Waals surface area contributed by atoms with Crippen LogP contribution in [0, 0.1) is 5.92 Å². The number of carbonyl (C=O) groups excluding carboxylic acids is 4. The van der Waals surface area contributed by atoms with Crippen molar-refractivity contribution in [3.63, 3.8) is 0 Å². The van der Waals surface area contributed by atoms with Crippen LogP contribution in [-0.4, -0.2) is 70.9 Å². The number of esters is 1. The van der Waals surface area contributed by atoms with Gasteiger partial charge in [0.1, 0.15) is 30.1 Å². The second kappa shape index (κ2) is 17.0. The summed E-state index contributed by atoms with van der Waals surface area (Å²) >= 11 is 0. The van der Waals surface area contributed by atoms with Crippen molar-refractivity contribution < 1.29 is 42.7 Å². The summed E-state index contributed by atoms with van der Waals surface area (Å²) in [6.45, 7) is 17.1. The summed E-state index contributed by atoms with van der Waals surface area (Å²) in [7, 11) is 0. The van der Waals surface area contributed by atoms with Crippen LogP contribution in [0.1, 0.15) is 108 Å². The molecular weight excluding hydrogens is 725 g/mol. The molecule has 0 bridgehead atoms. The van der Waals surface area contributed by atoms with Gasteiger partial charge >= 0.3 is 18.2 Å². The molecule has 12 heteroatoms. The number of benzene rings is 3. The van der Waals surface area contributed by atoms with Crippen LogP contribution in [0.15, 0.2) is 60.7 Å². The van der Waals surface area contributed by atoms with Crippen LogP contribution in [0.5, 0.6) is 5.75 Å². The van der Waals surface area contributed by atoms with E-state index in [1.807, 2.05) is 71.0 Å². The largest absolute Gasteiger partial charge is 0.481 e. The minimum atomic E-state index is -0.698. The van der Waals surface area contributed by atoms with Crippen molar-refractivity contribution in [1.29, 1.82) is 0 Å². The van der Waals surface area contributed by atoms with Crippen LogP contribution < -0.4 is 14.6 Å². The molecule has 1 saturated heterocycles. The fraction of sp³-hybridized carbons (Fsp3) is 0.489. The summed E-state index contributed by atoms with van der Waals surface area (Å²) in [5.74, 6) is 0.450. The van der Waals surface area contributed by atoms with Gasteiger partial charge in [-0.25, -0.2) is 23.5 Å². The number of piperidine rings is 1. The minimum Gasteiger partial charge on any atom is -0.481 e. The molecule has 2 heterocycles. The second-order valence-electron chi connectivity index (χ2n) is 16.8. The van der Waals surface area contributed by atoms with Crippen molar-refractivity contribution in [2.24, 2.45) is 5.92 Å². The number of ether oxygens (including phenoxy) is 4. The number of fused-ring (bicyclic) bond motifs is 4. The number of Topliss-reactive ketones (excluding diaryl/α,β-unsaturated/α-hetero) is 1. The lowest BCUT2D eigenvalue weighted by Crippen LogP contribution is -2.42. The van der Waals surface area contributed by atoms with Gasteiger partial charge in [0, 0.05) is 37.6 Å². The summed E-state index contributed by atoms with van der Waals surface area (Å²) < 4.78 is 27.2. The number of rotatable bonds is 12. The molecule has 0 spiro atoms. The maximum atomic E-state index is 14.2. The van der Waals surface area contributed by atoms with Crippen LogP contribution in [0.25, 0.3) is 22.2 Å². The molecule has 2 aliphatic rings. The molecule has 57 heavy (non-hydrogen) atoms. The summed E-state index contributed by atoms with van der Waals surface area (Å²) in [5, 5.41) is 2.97. The Morgan fingerprint density at radius 3 is 2.04 bits per heavy atom. The number of aromatic nitrogens is 2. The summed E-state index contributed by atoms with van der Waals surface area (Å²) in [6, 6.07) is 20.1. The highest BCUT2D eigenvalue weighted by Gasteiger charge is 2.33. The van der Waals surface area contributed by atoms with Crippen molar-refractivity contribution in [2.75, 3.05) is 26.3 Å². The maximum Gasteiger partial charge on any atom is 0.410 e. The van der Waals surface area contributed by atoms with Gasteiger partial charge in [-0.3, -0.25) is 4.79 Å². The molecular formula is C45H57N4O8+. The zero-order valence-corrected chi connectivity index (χ0v) is 34.6. The monoisotopic (exact) mass is 781 g/mol. The molecule has 2 amide bonds. The summed E-state index contributed by atoms with van der Waals surface area (Å²) in [6.07, 6.45) is 0.710. The van der Waals surface area contributed by atoms with Crippen molar-refractivity contribution >= 4 is 35.0 Å². The molecule has 1 fully saturated rings. The molecule has 6 rings (SSSR count). The number of ketones is 1. The van der Waals surface area contributed by atoms with Gasteiger partial charge in [-0.2, -0.15) is 0 Å². The molecule has 0 radical (unpaired) electrons. The lowest BCUT2D eigenvalue weighted by Gasteiger charge is -2.33. The van der Waals surface area contributed by atoms with Crippen LogP contribution in [-0.2, 0) is 38.6 Å². The van der Waals surface area contributed by atoms with Gasteiger partial charge in [0.25, 0.3) is 5.82 Å². The highest BCUT2D eigenvalue weighted by Crippen LogP contribution is 2.44. The fourth-order valence-corrected chi connectivity index (χ4v) is 7.97. The number of hydrogen-bond acceptors (Lipinski definition) is 8. The third-order valence-corrected chi connectivity index (χ3v) is 10.5. The zero-order valence-electron chi connectivity index (χ0n) is 34.6. The summed E-state index contributed by atoms with van der Waals surface area (Å²) in [4.78, 5) is 54.6. The quantitative estimate of drug-likeness (QED) is 0.0664. The van der Waals surface area contributed by atoms with Gasteiger partial charge in [0.2, 0.25) is 0 Å². The Kier molecular flexibility index (Phi) is 12.3. The van der Waals surface area contributed by atoms with E-state index < -0.39 is 23.3 Å². The maximum absolute atomic E-state index is 14.2. The van der Waals surface area contributed by atoms with E-state index in [0.717, 1.165) is 39.1 Å². The third kappa shape index (κ3) is 9.60. The standard InChI is InChI=1S/C45H56N4O8/c1-9-48-36-24-34(38(50)23-29-19-21-47(22-20-29)43(53)57-45(6,7)8)39(54-28-41(51)56-44(3,4)5)25-37(36)49(10-2)40(48)26-46-42(52)55-27-35-32-17-13-11-15-30(32)31-16-12-14-18-33(31)35/h11-18,24-25,29,35H,9-10,19-23,26-28H2,1-8H3/p+1. The molecule has 0 atom stereocenters. The second-order valence-corrected chi connectivity index (χ2v) is 16.8. The van der Waals surface area contributed by atoms with Gasteiger partial charge in [-0.1, -0.05) is 48.5 Å². The van der Waals surface area contributed by atoms with E-state index in [1.165, 1.54) is 0 Å². The zero-order chi connectivity index (χ0) is 41.1. The van der Waals surface area contributed by atoms with Gasteiger partial charge in [0.05, 0.1) is 18.7 Å². The molecule has 1 N–H and O–H groups in total. The molecule has 4 aromatic rings. The molecule has 1 aliphatic carbocycles. The Hall–Kier alpha value is -5.39. The number of nitrogens with zero attached hydrogens (tertiary/aromatic N) is 3. The predicted octanol–water partition coefficient (Wildman–Crippen LogP) is 7.95. The van der Waals surface area contributed by atoms with Gasteiger partial charge in [0.15, 0.2) is 23.4 Å². The van der Waals surface area contributed by atoms with Crippen LogP contribution in [0.2, 0.25) is 0 Å². The van der Waals surface area contributed by atoms with Crippen molar-refractivity contribution in [2.45, 2.75) is 111 Å². The van der Waals surface area contributed by atoms with Crippen LogP contribution in [0.4, 0.5) is 9.59 Å². The average Bonchev–Trinajstić information content (AvgIpc) is 3.64. The van der Waals surface area contributed by atoms with Crippen LogP contribution in [0.3, 0.4) is 0 Å². The van der Waals surface area contributed by atoms with E-state index in [0.29, 0.717) is 44.6 Å². The smallest absolute Gasteiger partial charge is 0.410 e. The number of alkyl carbamates (subject to hydrolysis) is 1. The molecule has 1 aromatic heterocycles. The minimum absolute atomic E-state index is 0.0566. The van der Waals surface area contributed by atoms with E-state index in [1.54, 1.807) is 25.7 Å². The summed E-state index contributed by atoms with van der Waals surface area (Å²) in [5.41, 5.74) is 5.29. The number of aryl methyl sites for hydroxylation is 2. The molecule has 0 saturated carbocycles. The highest BCUT2D eigenvalue weighted by atomic mass is 16.6. The number of likely N-dealkylation sites (tertiary alicyclic amines) is 1. The number of carbonyl (C=O) groups is 4. The van der Waals surface area contributed by atoms with E-state index in [-0.39, 0.29) is 55.6 Å². The van der Waals surface area contributed by atoms with Crippen molar-refractivity contribution in [3.8, 4) is 16.9 Å². The molecule has 0 unspecified atom stereocenters. The van der Waals surface area contributed by atoms with Crippen LogP contribution >= 0.6 is 0 Å². The Morgan fingerprint density at radius 2 is 1.46 bits per heavy atom. The normalized spacial score (nSPS) is 14.6. The number of amides is 2. The lowest BCUT2D eigenvalue weighted by atomic mass is 9.89. The molecule has 3 aromatic carbocycles. The Labute approximate surface area is 335 Å². The first-order valence-electron chi connectivity index (χ1n) is 20.1. The Bertz CT molecular complexity index is 2090. The first-order valence-corrected chi connectivity index (χ1v) is 20.1. The molecule has 12 nitrogen and oxygen atoms in total. The topological polar surface area (TPSA) is 129 Å². The number of nitrogens with one attached hydrogen (secondary N) is 1. The highest BCUT2D eigenvalue weighted by molar-refractivity contribution is 6.02. The predicted molar refractivity (Wildman–Crippen MR) is 216 cm³/mol. The number of hydrogen-bond donors (Lipinski definition) is 1. The Morgan fingerprint density at radius 1 is 0.842 bits per heavy atom. The van der Waals surface area contributed by atoms with E-state index in [9.17, 15) is 19.2 Å². The van der Waals surface area contributed by atoms with Crippen molar-refractivity contribution in [3.05, 3.63) is 83.2 Å². The lowest BCUT2D eigenvalue weighted by molar-refractivity contribution is -0.676. The SMILES string of the molecule is CCn1c(CNC(=O)OCC2c3ccccc3-c3ccccc32)[n+](CC)c2cc(OCC(=O)OC(C)(C)C)c(C(=O)CC3CCN(C(=O)OC(C)(C)C)CC3)cc21. The number of imidazole rings is 1. The van der Waals surface area contributed by atoms with Gasteiger partial charge in [-0.15, -0.1) is 0 Å². The average molecular weight is 782 g/mol. The third-order valence-electron chi connectivity index (χ3n) is 10.5. The van der Waals surface area contributed by atoms with E-state index >= 15 is 0 Å². The van der Waals surface area contributed by atoms with E-state index in [2.05, 4.69) is 38.7 Å². The molecule has 1 aliphatic heterocycles. The fourth-order valence-electron chi connectivity index (χ4n) is 7.97. The Balaban J connectivity index is 1.21. The van der Waals surface area contributed by atoms with Crippen molar-refractivity contribution in [1.82, 2.24) is 14.8 Å². The molecule has 304 valence electrons. The first kappa shape index (κ1) is 41.2. The first-order chi connectivity index (χ1) is 27.1.